The monoisotopic (exact) mass is 257 g/mol. The summed E-state index contributed by atoms with van der Waals surface area (Å²) in [6, 6.07) is 0. The van der Waals surface area contributed by atoms with Crippen LogP contribution in [0, 0.1) is 5.92 Å². The zero-order valence-electron chi connectivity index (χ0n) is 12.0. The predicted octanol–water partition coefficient (Wildman–Crippen LogP) is 3.19. The lowest BCUT2D eigenvalue weighted by atomic mass is 9.73. The third kappa shape index (κ3) is 1.60. The number of aryl methyl sites for hydroxylation is 1. The molecule has 3 heteroatoms. The second kappa shape index (κ2) is 4.12. The molecule has 1 aromatic rings. The molecule has 0 N–H and O–H groups in total. The van der Waals surface area contributed by atoms with E-state index in [4.69, 9.17) is 0 Å². The van der Waals surface area contributed by atoms with Gasteiger partial charge in [-0.1, -0.05) is 18.9 Å². The molecule has 1 saturated heterocycles. The molecule has 3 aliphatic rings. The van der Waals surface area contributed by atoms with Crippen molar-refractivity contribution < 1.29 is 0 Å². The highest BCUT2D eigenvalue weighted by Gasteiger charge is 2.39. The quantitative estimate of drug-likeness (QED) is 0.770. The lowest BCUT2D eigenvalue weighted by molar-refractivity contribution is 0.172. The second-order valence-corrected chi connectivity index (χ2v) is 6.43. The van der Waals surface area contributed by atoms with Crippen LogP contribution in [0.15, 0.2) is 17.5 Å². The molecule has 102 valence electrons. The normalized spacial score (nSPS) is 29.3. The van der Waals surface area contributed by atoms with E-state index in [1.165, 1.54) is 49.9 Å². The Morgan fingerprint density at radius 1 is 1.37 bits per heavy atom. The minimum Gasteiger partial charge on any atom is -0.368 e. The third-order valence-electron chi connectivity index (χ3n) is 5.55. The summed E-state index contributed by atoms with van der Waals surface area (Å²) in [5.74, 6) is 1.54. The van der Waals surface area contributed by atoms with E-state index in [9.17, 15) is 0 Å². The van der Waals surface area contributed by atoms with Crippen molar-refractivity contribution in [1.29, 1.82) is 0 Å². The van der Waals surface area contributed by atoms with Gasteiger partial charge >= 0.3 is 0 Å². The second-order valence-electron chi connectivity index (χ2n) is 6.43. The highest BCUT2D eigenvalue weighted by molar-refractivity contribution is 5.33. The van der Waals surface area contributed by atoms with Crippen molar-refractivity contribution in [3.63, 3.8) is 0 Å². The summed E-state index contributed by atoms with van der Waals surface area (Å²) in [6.07, 6.45) is 8.84. The summed E-state index contributed by atoms with van der Waals surface area (Å²) < 4.78 is 2.09. The van der Waals surface area contributed by atoms with Gasteiger partial charge < -0.3 is 4.90 Å². The first-order valence-electron chi connectivity index (χ1n) is 7.74. The summed E-state index contributed by atoms with van der Waals surface area (Å²) >= 11 is 0. The fourth-order valence-corrected chi connectivity index (χ4v) is 4.13. The molecule has 2 aliphatic heterocycles. The highest BCUT2D eigenvalue weighted by atomic mass is 15.3. The van der Waals surface area contributed by atoms with Gasteiger partial charge in [-0.05, 0) is 31.6 Å². The van der Waals surface area contributed by atoms with Crippen LogP contribution in [-0.2, 0) is 13.6 Å². The van der Waals surface area contributed by atoms with Crippen molar-refractivity contribution in [3.8, 4) is 0 Å². The molecule has 19 heavy (non-hydrogen) atoms. The molecule has 0 aromatic carbocycles. The maximum Gasteiger partial charge on any atom is 0.0609 e. The van der Waals surface area contributed by atoms with Gasteiger partial charge in [-0.3, -0.25) is 4.68 Å². The number of aromatic nitrogens is 2. The molecule has 2 atom stereocenters. The molecule has 0 amide bonds. The molecule has 0 radical (unpaired) electrons. The lowest BCUT2D eigenvalue weighted by Crippen LogP contribution is -2.42. The topological polar surface area (TPSA) is 21.1 Å². The minimum absolute atomic E-state index is 0.715. The van der Waals surface area contributed by atoms with Crippen molar-refractivity contribution in [2.24, 2.45) is 13.0 Å². The van der Waals surface area contributed by atoms with E-state index < -0.39 is 0 Å². The number of hydrogen-bond donors (Lipinski definition) is 0. The Hall–Kier alpha value is -1.25. The number of allylic oxidation sites excluding steroid dienone is 2. The largest absolute Gasteiger partial charge is 0.368 e. The Morgan fingerprint density at radius 2 is 2.21 bits per heavy atom. The molecule has 2 unspecified atom stereocenters. The van der Waals surface area contributed by atoms with E-state index in [1.54, 1.807) is 11.3 Å². The van der Waals surface area contributed by atoms with Gasteiger partial charge in [0, 0.05) is 30.8 Å². The highest BCUT2D eigenvalue weighted by Crippen LogP contribution is 2.47. The first-order chi connectivity index (χ1) is 9.28. The van der Waals surface area contributed by atoms with E-state index in [0.29, 0.717) is 5.92 Å². The van der Waals surface area contributed by atoms with Crippen LogP contribution in [0.4, 0.5) is 0 Å². The van der Waals surface area contributed by atoms with Crippen LogP contribution in [-0.4, -0.2) is 21.2 Å². The van der Waals surface area contributed by atoms with Crippen LogP contribution < -0.4 is 0 Å². The molecule has 1 aromatic heterocycles. The summed E-state index contributed by atoms with van der Waals surface area (Å²) in [4.78, 5) is 2.66. The number of piperidine rings is 1. The smallest absolute Gasteiger partial charge is 0.0609 e. The minimum atomic E-state index is 0.715. The SMILES string of the molecule is CCC1CC(=C2CCC2)N2Cc3c(cnn3C)C1C2. The summed E-state index contributed by atoms with van der Waals surface area (Å²) in [6.45, 7) is 4.67. The first kappa shape index (κ1) is 11.6. The van der Waals surface area contributed by atoms with E-state index in [1.807, 2.05) is 0 Å². The van der Waals surface area contributed by atoms with Crippen molar-refractivity contribution in [1.82, 2.24) is 14.7 Å². The van der Waals surface area contributed by atoms with Crippen LogP contribution in [0.25, 0.3) is 0 Å². The molecular weight excluding hydrogens is 234 g/mol. The molecule has 2 bridgehead atoms. The number of hydrogen-bond acceptors (Lipinski definition) is 2. The van der Waals surface area contributed by atoms with Crippen LogP contribution in [0.1, 0.15) is 56.2 Å². The van der Waals surface area contributed by atoms with E-state index in [0.717, 1.165) is 12.5 Å². The van der Waals surface area contributed by atoms with Gasteiger partial charge in [-0.15, -0.1) is 0 Å². The fourth-order valence-electron chi connectivity index (χ4n) is 4.13. The molecule has 1 aliphatic carbocycles. The summed E-state index contributed by atoms with van der Waals surface area (Å²) in [5, 5.41) is 4.51. The van der Waals surface area contributed by atoms with Crippen molar-refractivity contribution >= 4 is 0 Å². The Balaban J connectivity index is 1.78. The zero-order valence-corrected chi connectivity index (χ0v) is 12.0. The number of fused-ring (bicyclic) bond motifs is 4. The van der Waals surface area contributed by atoms with Crippen molar-refractivity contribution in [2.75, 3.05) is 6.54 Å². The molecule has 3 heterocycles. The summed E-state index contributed by atoms with van der Waals surface area (Å²) in [5.41, 5.74) is 6.43. The van der Waals surface area contributed by atoms with Crippen molar-refractivity contribution in [3.05, 3.63) is 28.7 Å². The Kier molecular flexibility index (Phi) is 2.51. The van der Waals surface area contributed by atoms with Crippen LogP contribution in [0.2, 0.25) is 0 Å². The first-order valence-corrected chi connectivity index (χ1v) is 7.74. The number of rotatable bonds is 1. The molecule has 3 nitrogen and oxygen atoms in total. The van der Waals surface area contributed by atoms with Crippen LogP contribution >= 0.6 is 0 Å². The molecule has 1 saturated carbocycles. The lowest BCUT2D eigenvalue weighted by Gasteiger charge is -2.47. The Labute approximate surface area is 115 Å². The number of nitrogens with zero attached hydrogens (tertiary/aromatic N) is 3. The van der Waals surface area contributed by atoms with Crippen molar-refractivity contribution in [2.45, 2.75) is 51.5 Å². The standard InChI is InChI=1S/C16H23N3/c1-3-11-7-15(12-5-4-6-12)19-9-14(11)13-8-17-18(2)16(13)10-19/h8,11,14H,3-7,9-10H2,1-2H3. The van der Waals surface area contributed by atoms with Gasteiger partial charge in [0.1, 0.15) is 0 Å². The fraction of sp³-hybridized carbons (Fsp3) is 0.688. The van der Waals surface area contributed by atoms with E-state index in [-0.39, 0.29) is 0 Å². The molecule has 0 spiro atoms. The predicted molar refractivity (Wildman–Crippen MR) is 75.6 cm³/mol. The van der Waals surface area contributed by atoms with Gasteiger partial charge in [0.2, 0.25) is 0 Å². The van der Waals surface area contributed by atoms with E-state index in [2.05, 4.69) is 34.8 Å². The zero-order chi connectivity index (χ0) is 13.0. The van der Waals surface area contributed by atoms with Gasteiger partial charge in [0.15, 0.2) is 0 Å². The van der Waals surface area contributed by atoms with Gasteiger partial charge in [0.25, 0.3) is 0 Å². The van der Waals surface area contributed by atoms with Gasteiger partial charge in [0.05, 0.1) is 18.4 Å². The van der Waals surface area contributed by atoms with Crippen LogP contribution in [0.5, 0.6) is 0 Å². The van der Waals surface area contributed by atoms with Gasteiger partial charge in [-0.2, -0.15) is 5.10 Å². The molecule has 4 rings (SSSR count). The Morgan fingerprint density at radius 3 is 2.89 bits per heavy atom. The molecular formula is C16H23N3. The van der Waals surface area contributed by atoms with Gasteiger partial charge in [-0.25, -0.2) is 0 Å². The average Bonchev–Trinajstić information content (AvgIpc) is 2.72. The third-order valence-corrected chi connectivity index (χ3v) is 5.55. The molecule has 2 fully saturated rings. The average molecular weight is 257 g/mol. The van der Waals surface area contributed by atoms with E-state index >= 15 is 0 Å². The summed E-state index contributed by atoms with van der Waals surface area (Å²) in [7, 11) is 2.10. The van der Waals surface area contributed by atoms with Crippen LogP contribution in [0.3, 0.4) is 0 Å². The Bertz CT molecular complexity index is 534. The maximum atomic E-state index is 4.51. The maximum absolute atomic E-state index is 4.51.